The zero-order valence-electron chi connectivity index (χ0n) is 8.31. The Bertz CT molecular complexity index is 319. The average molecular weight is 275 g/mol. The molecule has 82 valence electrons. The van der Waals surface area contributed by atoms with Crippen LogP contribution in [0.1, 0.15) is 0 Å². The zero-order valence-corrected chi connectivity index (χ0v) is 9.90. The first-order valence-electron chi connectivity index (χ1n) is 4.42. The minimum absolute atomic E-state index is 0.334. The van der Waals surface area contributed by atoms with E-state index in [9.17, 15) is 0 Å². The van der Waals surface area contributed by atoms with E-state index in [2.05, 4.69) is 15.9 Å². The van der Waals surface area contributed by atoms with Crippen molar-refractivity contribution < 1.29 is 19.5 Å². The molecule has 0 aliphatic heterocycles. The lowest BCUT2D eigenvalue weighted by Crippen LogP contribution is -2.31. The van der Waals surface area contributed by atoms with Crippen LogP contribution < -0.4 is 10.2 Å². The van der Waals surface area contributed by atoms with Crippen molar-refractivity contribution in [1.82, 2.24) is 0 Å². The predicted molar refractivity (Wildman–Crippen MR) is 61.3 cm³/mol. The minimum Gasteiger partial charge on any atom is -0.492 e. The summed E-state index contributed by atoms with van der Waals surface area (Å²) in [6.07, 6.45) is 0. The summed E-state index contributed by atoms with van der Waals surface area (Å²) in [5.74, 6) is 0.449. The van der Waals surface area contributed by atoms with Crippen molar-refractivity contribution in [2.45, 2.75) is 0 Å². The van der Waals surface area contributed by atoms with Crippen LogP contribution in [0.25, 0.3) is 0 Å². The van der Waals surface area contributed by atoms with Crippen molar-refractivity contribution in [2.24, 2.45) is 0 Å². The van der Waals surface area contributed by atoms with Gasteiger partial charge in [-0.15, -0.1) is 0 Å². The Labute approximate surface area is 97.1 Å². The average Bonchev–Trinajstić information content (AvgIpc) is 2.20. The molecule has 0 aromatic heterocycles. The number of methoxy groups -OCH3 is 1. The molecule has 4 nitrogen and oxygen atoms in total. The summed E-state index contributed by atoms with van der Waals surface area (Å²) < 4.78 is 10.9. The van der Waals surface area contributed by atoms with Crippen LogP contribution in [-0.2, 0) is 4.74 Å². The molecule has 6 heteroatoms. The fourth-order valence-electron chi connectivity index (χ4n) is 1.09. The van der Waals surface area contributed by atoms with E-state index in [-0.39, 0.29) is 0 Å². The molecule has 1 aromatic carbocycles. The highest BCUT2D eigenvalue weighted by Crippen LogP contribution is 2.14. The number of benzene rings is 1. The summed E-state index contributed by atoms with van der Waals surface area (Å²) in [5.41, 5.74) is 0.334. The summed E-state index contributed by atoms with van der Waals surface area (Å²) in [7, 11) is 0.0345. The van der Waals surface area contributed by atoms with E-state index in [0.717, 1.165) is 4.47 Å². The van der Waals surface area contributed by atoms with Crippen molar-refractivity contribution in [3.8, 4) is 5.75 Å². The Morgan fingerprint density at radius 1 is 1.33 bits per heavy atom. The second kappa shape index (κ2) is 6.12. The molecule has 0 saturated heterocycles. The molecule has 0 fully saturated rings. The molecule has 0 heterocycles. The lowest BCUT2D eigenvalue weighted by atomic mass is 9.79. The molecule has 0 spiro atoms. The maximum absolute atomic E-state index is 9.11. The first-order valence-corrected chi connectivity index (χ1v) is 5.21. The van der Waals surface area contributed by atoms with Crippen molar-refractivity contribution in [3.05, 3.63) is 22.7 Å². The Hall–Kier alpha value is -0.555. The van der Waals surface area contributed by atoms with Gasteiger partial charge in [0.1, 0.15) is 12.4 Å². The number of ether oxygens (including phenoxy) is 2. The molecule has 0 aliphatic carbocycles. The van der Waals surface area contributed by atoms with Crippen molar-refractivity contribution in [3.63, 3.8) is 0 Å². The van der Waals surface area contributed by atoms with Crippen LogP contribution in [0.3, 0.4) is 0 Å². The standard InChI is InChI=1S/C9H12BBrO4/c1-14-4-5-15-9-3-2-7(11)6-8(9)10(12)13/h2-3,6,12-13H,4-5H2,1H3. The normalized spacial score (nSPS) is 10.1. The van der Waals surface area contributed by atoms with E-state index >= 15 is 0 Å². The monoisotopic (exact) mass is 274 g/mol. The van der Waals surface area contributed by atoms with E-state index in [1.165, 1.54) is 0 Å². The molecule has 0 amide bonds. The third-order valence-corrected chi connectivity index (χ3v) is 2.29. The van der Waals surface area contributed by atoms with E-state index < -0.39 is 7.12 Å². The van der Waals surface area contributed by atoms with Gasteiger partial charge in [0, 0.05) is 17.0 Å². The summed E-state index contributed by atoms with van der Waals surface area (Å²) in [6.45, 7) is 0.828. The maximum Gasteiger partial charge on any atom is 0.492 e. The molecule has 0 saturated carbocycles. The van der Waals surface area contributed by atoms with Crippen LogP contribution in [0.4, 0.5) is 0 Å². The van der Waals surface area contributed by atoms with Gasteiger partial charge in [-0.25, -0.2) is 0 Å². The molecule has 0 radical (unpaired) electrons. The van der Waals surface area contributed by atoms with Gasteiger partial charge in [-0.2, -0.15) is 0 Å². The second-order valence-electron chi connectivity index (χ2n) is 2.90. The minimum atomic E-state index is -1.54. The van der Waals surface area contributed by atoms with Crippen LogP contribution in [0.15, 0.2) is 22.7 Å². The van der Waals surface area contributed by atoms with E-state index in [4.69, 9.17) is 19.5 Å². The molecule has 1 aromatic rings. The number of rotatable bonds is 5. The Morgan fingerprint density at radius 2 is 2.07 bits per heavy atom. The van der Waals surface area contributed by atoms with Crippen LogP contribution in [0, 0.1) is 0 Å². The first kappa shape index (κ1) is 12.5. The lowest BCUT2D eigenvalue weighted by Gasteiger charge is -2.10. The molecule has 0 unspecified atom stereocenters. The quantitative estimate of drug-likeness (QED) is 0.593. The molecular weight excluding hydrogens is 263 g/mol. The van der Waals surface area contributed by atoms with Crippen molar-refractivity contribution in [2.75, 3.05) is 20.3 Å². The Kier molecular flexibility index (Phi) is 5.11. The van der Waals surface area contributed by atoms with Crippen LogP contribution in [-0.4, -0.2) is 37.5 Å². The lowest BCUT2D eigenvalue weighted by molar-refractivity contribution is 0.146. The molecule has 2 N–H and O–H groups in total. The van der Waals surface area contributed by atoms with Crippen molar-refractivity contribution in [1.29, 1.82) is 0 Å². The third-order valence-electron chi connectivity index (χ3n) is 1.80. The zero-order chi connectivity index (χ0) is 11.3. The van der Waals surface area contributed by atoms with Gasteiger partial charge in [0.2, 0.25) is 0 Å². The van der Waals surface area contributed by atoms with Gasteiger partial charge in [0.05, 0.1) is 6.61 Å². The summed E-state index contributed by atoms with van der Waals surface area (Å²) in [6, 6.07) is 5.05. The van der Waals surface area contributed by atoms with E-state index in [0.29, 0.717) is 24.4 Å². The molecule has 0 aliphatic rings. The first-order chi connectivity index (χ1) is 7.15. The van der Waals surface area contributed by atoms with Gasteiger partial charge in [-0.1, -0.05) is 15.9 Å². The van der Waals surface area contributed by atoms with Gasteiger partial charge >= 0.3 is 7.12 Å². The van der Waals surface area contributed by atoms with Gasteiger partial charge < -0.3 is 19.5 Å². The molecular formula is C9H12BBrO4. The summed E-state index contributed by atoms with van der Waals surface area (Å²) in [5, 5.41) is 18.2. The fraction of sp³-hybridized carbons (Fsp3) is 0.333. The third kappa shape index (κ3) is 3.83. The van der Waals surface area contributed by atoms with Crippen molar-refractivity contribution >= 4 is 28.5 Å². The SMILES string of the molecule is COCCOc1ccc(Br)cc1B(O)O. The second-order valence-corrected chi connectivity index (χ2v) is 3.81. The summed E-state index contributed by atoms with van der Waals surface area (Å²) >= 11 is 3.24. The van der Waals surface area contributed by atoms with Gasteiger partial charge in [-0.3, -0.25) is 0 Å². The summed E-state index contributed by atoms with van der Waals surface area (Å²) in [4.78, 5) is 0. The highest BCUT2D eigenvalue weighted by molar-refractivity contribution is 9.10. The highest BCUT2D eigenvalue weighted by atomic mass is 79.9. The number of hydrogen-bond donors (Lipinski definition) is 2. The van der Waals surface area contributed by atoms with Gasteiger partial charge in [0.25, 0.3) is 0 Å². The van der Waals surface area contributed by atoms with E-state index in [1.54, 1.807) is 25.3 Å². The Balaban J connectivity index is 2.77. The topological polar surface area (TPSA) is 58.9 Å². The molecule has 0 bridgehead atoms. The fourth-order valence-corrected chi connectivity index (χ4v) is 1.47. The molecule has 15 heavy (non-hydrogen) atoms. The largest absolute Gasteiger partial charge is 0.492 e. The van der Waals surface area contributed by atoms with Crippen LogP contribution in [0.2, 0.25) is 0 Å². The molecule has 1 rings (SSSR count). The maximum atomic E-state index is 9.11. The number of hydrogen-bond acceptors (Lipinski definition) is 4. The number of halogens is 1. The highest BCUT2D eigenvalue weighted by Gasteiger charge is 2.17. The smallest absolute Gasteiger partial charge is 0.492 e. The van der Waals surface area contributed by atoms with E-state index in [1.807, 2.05) is 0 Å². The van der Waals surface area contributed by atoms with Gasteiger partial charge in [0.15, 0.2) is 0 Å². The van der Waals surface area contributed by atoms with Crippen LogP contribution in [0.5, 0.6) is 5.75 Å². The Morgan fingerprint density at radius 3 is 2.67 bits per heavy atom. The van der Waals surface area contributed by atoms with Crippen LogP contribution >= 0.6 is 15.9 Å². The predicted octanol–water partition coefficient (Wildman–Crippen LogP) is 0.154. The van der Waals surface area contributed by atoms with Gasteiger partial charge in [-0.05, 0) is 18.2 Å². The molecule has 0 atom stereocenters.